The van der Waals surface area contributed by atoms with Crippen molar-refractivity contribution in [1.82, 2.24) is 0 Å². The molecule has 0 amide bonds. The molecule has 0 aliphatic carbocycles. The molecule has 0 saturated carbocycles. The second kappa shape index (κ2) is 5.57. The van der Waals surface area contributed by atoms with E-state index in [1.54, 1.807) is 0 Å². The van der Waals surface area contributed by atoms with Crippen LogP contribution in [0.3, 0.4) is 0 Å². The van der Waals surface area contributed by atoms with Crippen LogP contribution in [0.4, 0.5) is 11.4 Å². The Hall–Kier alpha value is -2.74. The summed E-state index contributed by atoms with van der Waals surface area (Å²) < 4.78 is 0. The Morgan fingerprint density at radius 2 is 1.41 bits per heavy atom. The number of benzene rings is 3. The number of nitrogen functional groups attached to an aromatic ring is 2. The Morgan fingerprint density at radius 1 is 0.727 bits per heavy atom. The van der Waals surface area contributed by atoms with Crippen molar-refractivity contribution in [2.24, 2.45) is 0 Å². The molecule has 4 N–H and O–H groups in total. The lowest BCUT2D eigenvalue weighted by Crippen LogP contribution is -1.97. The maximum atomic E-state index is 6.24. The van der Waals surface area contributed by atoms with Crippen molar-refractivity contribution in [2.45, 2.75) is 13.8 Å². The van der Waals surface area contributed by atoms with E-state index in [0.717, 1.165) is 22.5 Å². The van der Waals surface area contributed by atoms with Gasteiger partial charge >= 0.3 is 0 Å². The van der Waals surface area contributed by atoms with Crippen LogP contribution in [-0.2, 0) is 0 Å². The largest absolute Gasteiger partial charge is 0.399 e. The number of rotatable bonds is 2. The highest BCUT2D eigenvalue weighted by Gasteiger charge is 2.12. The average Bonchev–Trinajstić information content (AvgIpc) is 2.50. The number of anilines is 2. The van der Waals surface area contributed by atoms with Gasteiger partial charge in [0.25, 0.3) is 0 Å². The van der Waals surface area contributed by atoms with Gasteiger partial charge in [-0.25, -0.2) is 0 Å². The van der Waals surface area contributed by atoms with E-state index >= 15 is 0 Å². The molecule has 3 aromatic rings. The molecule has 0 spiro atoms. The monoisotopic (exact) mass is 288 g/mol. The first kappa shape index (κ1) is 14.2. The van der Waals surface area contributed by atoms with Gasteiger partial charge in [0.15, 0.2) is 0 Å². The van der Waals surface area contributed by atoms with E-state index in [-0.39, 0.29) is 0 Å². The van der Waals surface area contributed by atoms with Crippen LogP contribution in [-0.4, -0.2) is 0 Å². The molecular weight excluding hydrogens is 268 g/mol. The van der Waals surface area contributed by atoms with Crippen molar-refractivity contribution in [1.29, 1.82) is 0 Å². The smallest absolute Gasteiger partial charge is 0.0396 e. The van der Waals surface area contributed by atoms with Gasteiger partial charge in [0, 0.05) is 16.9 Å². The number of nitrogens with two attached hydrogens (primary N) is 2. The maximum Gasteiger partial charge on any atom is 0.0396 e. The highest BCUT2D eigenvalue weighted by atomic mass is 14.6. The Morgan fingerprint density at radius 3 is 2.09 bits per heavy atom. The standard InChI is InChI=1S/C20H20N2/c1-13-12-16(21)8-9-17(13)18-10-11-19(22)20(14(18)2)15-6-4-3-5-7-15/h3-12H,21-22H2,1-2H3. The van der Waals surface area contributed by atoms with Gasteiger partial charge in [0.05, 0.1) is 0 Å². The molecule has 0 saturated heterocycles. The average molecular weight is 288 g/mol. The highest BCUT2D eigenvalue weighted by Crippen LogP contribution is 2.37. The molecule has 110 valence electrons. The van der Waals surface area contributed by atoms with Gasteiger partial charge in [-0.1, -0.05) is 42.5 Å². The summed E-state index contributed by atoms with van der Waals surface area (Å²) in [5.74, 6) is 0. The third kappa shape index (κ3) is 2.44. The maximum absolute atomic E-state index is 6.24. The van der Waals surface area contributed by atoms with E-state index in [9.17, 15) is 0 Å². The van der Waals surface area contributed by atoms with Crippen LogP contribution in [0.15, 0.2) is 60.7 Å². The second-order valence-corrected chi connectivity index (χ2v) is 5.64. The molecular formula is C20H20N2. The fraction of sp³-hybridized carbons (Fsp3) is 0.100. The van der Waals surface area contributed by atoms with Crippen LogP contribution in [0.25, 0.3) is 22.3 Å². The summed E-state index contributed by atoms with van der Waals surface area (Å²) in [4.78, 5) is 0. The van der Waals surface area contributed by atoms with Crippen LogP contribution in [0, 0.1) is 13.8 Å². The van der Waals surface area contributed by atoms with E-state index in [2.05, 4.69) is 38.1 Å². The molecule has 0 atom stereocenters. The van der Waals surface area contributed by atoms with E-state index in [4.69, 9.17) is 11.5 Å². The van der Waals surface area contributed by atoms with E-state index in [0.29, 0.717) is 0 Å². The summed E-state index contributed by atoms with van der Waals surface area (Å²) in [5, 5.41) is 0. The van der Waals surface area contributed by atoms with Crippen molar-refractivity contribution in [2.75, 3.05) is 11.5 Å². The topological polar surface area (TPSA) is 52.0 Å². The number of hydrogen-bond acceptors (Lipinski definition) is 2. The lowest BCUT2D eigenvalue weighted by atomic mass is 9.89. The molecule has 2 heteroatoms. The van der Waals surface area contributed by atoms with Crippen LogP contribution in [0.5, 0.6) is 0 Å². The van der Waals surface area contributed by atoms with Crippen LogP contribution >= 0.6 is 0 Å². The van der Waals surface area contributed by atoms with Gasteiger partial charge in [0.2, 0.25) is 0 Å². The lowest BCUT2D eigenvalue weighted by molar-refractivity contribution is 1.40. The minimum absolute atomic E-state index is 0.789. The predicted octanol–water partition coefficient (Wildman–Crippen LogP) is 4.80. The molecule has 0 aliphatic heterocycles. The molecule has 0 aromatic heterocycles. The molecule has 0 bridgehead atoms. The Kier molecular flexibility index (Phi) is 3.60. The van der Waals surface area contributed by atoms with E-state index in [1.165, 1.54) is 22.3 Å². The zero-order valence-corrected chi connectivity index (χ0v) is 12.9. The van der Waals surface area contributed by atoms with Crippen molar-refractivity contribution >= 4 is 11.4 Å². The van der Waals surface area contributed by atoms with Crippen molar-refractivity contribution in [3.05, 3.63) is 71.8 Å². The van der Waals surface area contributed by atoms with Crippen LogP contribution < -0.4 is 11.5 Å². The molecule has 3 aromatic carbocycles. The van der Waals surface area contributed by atoms with Gasteiger partial charge in [-0.2, -0.15) is 0 Å². The van der Waals surface area contributed by atoms with Gasteiger partial charge in [-0.15, -0.1) is 0 Å². The van der Waals surface area contributed by atoms with Crippen molar-refractivity contribution in [3.8, 4) is 22.3 Å². The predicted molar refractivity (Wildman–Crippen MR) is 95.6 cm³/mol. The van der Waals surface area contributed by atoms with E-state index in [1.807, 2.05) is 36.4 Å². The van der Waals surface area contributed by atoms with E-state index < -0.39 is 0 Å². The zero-order valence-electron chi connectivity index (χ0n) is 12.9. The molecule has 0 unspecified atom stereocenters. The summed E-state index contributed by atoms with van der Waals surface area (Å²) in [6, 6.07) is 20.4. The molecule has 0 heterocycles. The normalized spacial score (nSPS) is 10.6. The third-order valence-electron chi connectivity index (χ3n) is 4.10. The van der Waals surface area contributed by atoms with Gasteiger partial charge in [-0.3, -0.25) is 0 Å². The van der Waals surface area contributed by atoms with Crippen LogP contribution in [0.2, 0.25) is 0 Å². The quantitative estimate of drug-likeness (QED) is 0.665. The molecule has 0 fully saturated rings. The second-order valence-electron chi connectivity index (χ2n) is 5.64. The van der Waals surface area contributed by atoms with Gasteiger partial charge in [-0.05, 0) is 59.9 Å². The first-order valence-electron chi connectivity index (χ1n) is 7.39. The SMILES string of the molecule is Cc1cc(N)ccc1-c1ccc(N)c(-c2ccccc2)c1C. The minimum atomic E-state index is 0.789. The van der Waals surface area contributed by atoms with Gasteiger partial charge in [0.1, 0.15) is 0 Å². The molecule has 0 aliphatic rings. The fourth-order valence-electron chi connectivity index (χ4n) is 3.00. The first-order chi connectivity index (χ1) is 10.6. The zero-order chi connectivity index (χ0) is 15.7. The number of hydrogen-bond donors (Lipinski definition) is 2. The Labute approximate surface area is 131 Å². The lowest BCUT2D eigenvalue weighted by Gasteiger charge is -2.16. The first-order valence-corrected chi connectivity index (χ1v) is 7.39. The van der Waals surface area contributed by atoms with Gasteiger partial charge < -0.3 is 11.5 Å². The minimum Gasteiger partial charge on any atom is -0.399 e. The molecule has 3 rings (SSSR count). The van der Waals surface area contributed by atoms with Crippen molar-refractivity contribution in [3.63, 3.8) is 0 Å². The summed E-state index contributed by atoms with van der Waals surface area (Å²) in [6.45, 7) is 4.22. The summed E-state index contributed by atoms with van der Waals surface area (Å²) in [7, 11) is 0. The molecule has 22 heavy (non-hydrogen) atoms. The fourth-order valence-corrected chi connectivity index (χ4v) is 3.00. The Bertz CT molecular complexity index is 821. The third-order valence-corrected chi connectivity index (χ3v) is 4.10. The molecule has 2 nitrogen and oxygen atoms in total. The molecule has 0 radical (unpaired) electrons. The summed E-state index contributed by atoms with van der Waals surface area (Å²) >= 11 is 0. The summed E-state index contributed by atoms with van der Waals surface area (Å²) in [6.07, 6.45) is 0. The van der Waals surface area contributed by atoms with Crippen LogP contribution in [0.1, 0.15) is 11.1 Å². The summed E-state index contributed by atoms with van der Waals surface area (Å²) in [5.41, 5.74) is 20.7. The van der Waals surface area contributed by atoms with Crippen molar-refractivity contribution < 1.29 is 0 Å². The number of aryl methyl sites for hydroxylation is 1. The Balaban J connectivity index is 2.23. The highest BCUT2D eigenvalue weighted by molar-refractivity contribution is 5.87.